The zero-order valence-electron chi connectivity index (χ0n) is 22.9. The molecule has 1 N–H and O–H groups in total. The van der Waals surface area contributed by atoms with Crippen LogP contribution < -0.4 is 9.47 Å². The van der Waals surface area contributed by atoms with Crippen molar-refractivity contribution in [3.8, 4) is 11.5 Å². The Balaban J connectivity index is 0.000000159. The normalized spacial score (nSPS) is 10.9. The predicted octanol–water partition coefficient (Wildman–Crippen LogP) is 7.50. The number of H-pyrrole nitrogens is 1. The van der Waals surface area contributed by atoms with E-state index in [1.165, 1.54) is 17.7 Å². The van der Waals surface area contributed by atoms with Gasteiger partial charge in [-0.3, -0.25) is 9.78 Å². The van der Waals surface area contributed by atoms with E-state index in [-0.39, 0.29) is 4.90 Å². The van der Waals surface area contributed by atoms with Crippen molar-refractivity contribution in [3.05, 3.63) is 115 Å². The van der Waals surface area contributed by atoms with E-state index in [0.29, 0.717) is 25.0 Å². The van der Waals surface area contributed by atoms with Crippen LogP contribution in [0.15, 0.2) is 114 Å². The summed E-state index contributed by atoms with van der Waals surface area (Å²) in [6.07, 6.45) is 3.60. The van der Waals surface area contributed by atoms with Gasteiger partial charge in [0.1, 0.15) is 24.7 Å². The summed E-state index contributed by atoms with van der Waals surface area (Å²) in [6.45, 7) is 1.78. The van der Waals surface area contributed by atoms with Gasteiger partial charge in [0.25, 0.3) is 9.05 Å². The molecule has 0 spiro atoms. The Morgan fingerprint density at radius 2 is 1.33 bits per heavy atom. The number of ether oxygens (including phenoxy) is 2. The minimum Gasteiger partial charge on any atom is -0.492 e. The van der Waals surface area contributed by atoms with Crippen LogP contribution in [-0.2, 0) is 15.6 Å². The van der Waals surface area contributed by atoms with Gasteiger partial charge in [0.15, 0.2) is 0 Å². The lowest BCUT2D eigenvalue weighted by molar-refractivity contribution is 0.347. The largest absolute Gasteiger partial charge is 0.492 e. The van der Waals surface area contributed by atoms with E-state index in [9.17, 15) is 8.42 Å². The number of hydrogen-bond acceptors (Lipinski definition) is 6. The third-order valence-electron chi connectivity index (χ3n) is 5.96. The van der Waals surface area contributed by atoms with Crippen molar-refractivity contribution in [2.24, 2.45) is 0 Å². The summed E-state index contributed by atoms with van der Waals surface area (Å²) < 4.78 is 34.3. The van der Waals surface area contributed by atoms with Gasteiger partial charge in [-0.25, -0.2) is 8.42 Å². The van der Waals surface area contributed by atoms with Crippen LogP contribution in [0.2, 0.25) is 0 Å². The average Bonchev–Trinajstić information content (AvgIpc) is 3.68. The molecule has 0 saturated carbocycles. The van der Waals surface area contributed by atoms with Crippen molar-refractivity contribution >= 4 is 64.7 Å². The molecule has 0 aliphatic rings. The Morgan fingerprint density at radius 3 is 1.93 bits per heavy atom. The number of nitrogens with one attached hydrogen (secondary N) is 1. The number of benzene rings is 4. The highest BCUT2D eigenvalue weighted by Crippen LogP contribution is 2.26. The second kappa shape index (κ2) is 16.2. The molecule has 0 fully saturated rings. The first-order valence-electron chi connectivity index (χ1n) is 13.2. The smallest absolute Gasteiger partial charge is 0.261 e. The third-order valence-corrected chi connectivity index (χ3v) is 7.64. The molecule has 0 atom stereocenters. The van der Waals surface area contributed by atoms with Crippen LogP contribution in [0.5, 0.6) is 11.5 Å². The fraction of sp³-hybridized carbons (Fsp3) is 0.161. The molecule has 0 unspecified atom stereocenters. The highest BCUT2D eigenvalue weighted by atomic mass is 35.7. The summed E-state index contributed by atoms with van der Waals surface area (Å²) in [7, 11) is 1.50. The monoisotopic (exact) mass is 658 g/mol. The Labute approximate surface area is 264 Å². The molecule has 6 rings (SSSR count). The van der Waals surface area contributed by atoms with Gasteiger partial charge in [-0.05, 0) is 42.0 Å². The average molecular weight is 660 g/mol. The molecule has 6 aromatic rings. The van der Waals surface area contributed by atoms with E-state index in [4.69, 9.17) is 43.4 Å². The highest BCUT2D eigenvalue weighted by molar-refractivity contribution is 8.13. The fourth-order valence-electron chi connectivity index (χ4n) is 4.03. The fourth-order valence-corrected chi connectivity index (χ4v) is 4.98. The zero-order valence-corrected chi connectivity index (χ0v) is 26.0. The first kappa shape index (κ1) is 32.2. The van der Waals surface area contributed by atoms with Gasteiger partial charge in [-0.15, -0.1) is 23.2 Å². The zero-order chi connectivity index (χ0) is 30.5. The van der Waals surface area contributed by atoms with Crippen molar-refractivity contribution in [2.45, 2.75) is 11.4 Å². The van der Waals surface area contributed by atoms with Gasteiger partial charge in [0.2, 0.25) is 0 Å². The summed E-state index contributed by atoms with van der Waals surface area (Å²) in [6, 6.07) is 29.9. The first-order valence-corrected chi connectivity index (χ1v) is 16.6. The van der Waals surface area contributed by atoms with Gasteiger partial charge in [-0.2, -0.15) is 10.2 Å². The van der Waals surface area contributed by atoms with E-state index in [1.54, 1.807) is 24.4 Å². The lowest BCUT2D eigenvalue weighted by atomic mass is 10.2. The lowest BCUT2D eigenvalue weighted by Crippen LogP contribution is -2.01. The topological polar surface area (TPSA) is 99.1 Å². The SMILES string of the molecule is ClCCOc1cccc2[nH]ncc12.ClCCOc1cccc2c1cnn2Cc1ccccc1.O=S(=O)(Cl)c1ccccc1. The van der Waals surface area contributed by atoms with Crippen LogP contribution in [0.25, 0.3) is 21.8 Å². The molecule has 0 saturated heterocycles. The van der Waals surface area contributed by atoms with Crippen LogP contribution in [0.1, 0.15) is 5.56 Å². The lowest BCUT2D eigenvalue weighted by Gasteiger charge is -2.07. The molecule has 0 amide bonds. The third kappa shape index (κ3) is 9.36. The summed E-state index contributed by atoms with van der Waals surface area (Å²) in [5.74, 6) is 2.64. The molecule has 43 heavy (non-hydrogen) atoms. The molecule has 2 aromatic heterocycles. The molecule has 8 nitrogen and oxygen atoms in total. The Kier molecular flexibility index (Phi) is 12.1. The maximum absolute atomic E-state index is 10.6. The van der Waals surface area contributed by atoms with E-state index in [0.717, 1.165) is 39.8 Å². The van der Waals surface area contributed by atoms with E-state index < -0.39 is 9.05 Å². The van der Waals surface area contributed by atoms with Crippen LogP contribution >= 0.6 is 33.9 Å². The highest BCUT2D eigenvalue weighted by Gasteiger charge is 2.08. The molecular formula is C31H29Cl3N4O4S. The Hall–Kier alpha value is -3.76. The van der Waals surface area contributed by atoms with Crippen molar-refractivity contribution in [1.82, 2.24) is 20.0 Å². The quantitative estimate of drug-likeness (QED) is 0.128. The molecular weight excluding hydrogens is 631 g/mol. The number of fused-ring (bicyclic) bond motifs is 2. The maximum Gasteiger partial charge on any atom is 0.261 e. The Bertz CT molecular complexity index is 1810. The second-order valence-electron chi connectivity index (χ2n) is 8.89. The minimum atomic E-state index is -3.53. The van der Waals surface area contributed by atoms with Crippen LogP contribution in [-0.4, -0.2) is 53.4 Å². The molecule has 4 aromatic carbocycles. The Morgan fingerprint density at radius 1 is 0.721 bits per heavy atom. The molecule has 0 radical (unpaired) electrons. The second-order valence-corrected chi connectivity index (χ2v) is 12.2. The number of hydrogen-bond donors (Lipinski definition) is 1. The van der Waals surface area contributed by atoms with Gasteiger partial charge in [-0.1, -0.05) is 60.7 Å². The van der Waals surface area contributed by atoms with Gasteiger partial charge >= 0.3 is 0 Å². The maximum atomic E-state index is 10.6. The number of rotatable bonds is 9. The standard InChI is InChI=1S/C16H15ClN2O.C9H9ClN2O.C6H5ClO2S/c17-9-10-20-16-8-4-7-15-14(16)11-18-19(15)12-13-5-2-1-3-6-13;10-4-5-13-9-3-1-2-8-7(9)6-11-12-8;7-10(8,9)6-4-2-1-3-5-6/h1-8,11H,9-10,12H2;1-3,6H,4-5H2,(H,11,12);1-5H. The molecule has 0 aliphatic carbocycles. The summed E-state index contributed by atoms with van der Waals surface area (Å²) in [5.41, 5.74) is 3.28. The number of alkyl halides is 2. The van der Waals surface area contributed by atoms with E-state index in [1.807, 2.05) is 59.4 Å². The molecule has 12 heteroatoms. The van der Waals surface area contributed by atoms with Crippen LogP contribution in [0.3, 0.4) is 0 Å². The predicted molar refractivity (Wildman–Crippen MR) is 173 cm³/mol. The summed E-state index contributed by atoms with van der Waals surface area (Å²) in [4.78, 5) is 0.136. The van der Waals surface area contributed by atoms with E-state index in [2.05, 4.69) is 33.5 Å². The van der Waals surface area contributed by atoms with Crippen molar-refractivity contribution < 1.29 is 17.9 Å². The van der Waals surface area contributed by atoms with E-state index >= 15 is 0 Å². The van der Waals surface area contributed by atoms with Gasteiger partial charge in [0, 0.05) is 10.7 Å². The summed E-state index contributed by atoms with van der Waals surface area (Å²) >= 11 is 11.2. The molecule has 0 aliphatic heterocycles. The van der Waals surface area contributed by atoms with Crippen molar-refractivity contribution in [3.63, 3.8) is 0 Å². The number of nitrogens with zero attached hydrogens (tertiary/aromatic N) is 3. The van der Waals surface area contributed by atoms with Crippen molar-refractivity contribution in [2.75, 3.05) is 25.0 Å². The number of aromatic nitrogens is 4. The minimum absolute atomic E-state index is 0.136. The molecule has 2 heterocycles. The first-order chi connectivity index (χ1) is 20.9. The van der Waals surface area contributed by atoms with Crippen molar-refractivity contribution in [1.29, 1.82) is 0 Å². The number of halogens is 3. The van der Waals surface area contributed by atoms with Crippen LogP contribution in [0, 0.1) is 0 Å². The van der Waals surface area contributed by atoms with Crippen LogP contribution in [0.4, 0.5) is 0 Å². The van der Waals surface area contributed by atoms with Gasteiger partial charge in [0.05, 0.1) is 57.4 Å². The van der Waals surface area contributed by atoms with Gasteiger partial charge < -0.3 is 9.47 Å². The summed E-state index contributed by atoms with van der Waals surface area (Å²) in [5, 5.41) is 13.3. The molecule has 0 bridgehead atoms. The molecule has 224 valence electrons. The number of aromatic amines is 1.